The molecule has 1 N–H and O–H groups in total. The van der Waals surface area contributed by atoms with Gasteiger partial charge in [0.2, 0.25) is 0 Å². The van der Waals surface area contributed by atoms with E-state index in [0.717, 1.165) is 0 Å². The third-order valence-electron chi connectivity index (χ3n) is 1.42. The van der Waals surface area contributed by atoms with Crippen LogP contribution in [0, 0.1) is 0 Å². The Balaban J connectivity index is 4.38. The summed E-state index contributed by atoms with van der Waals surface area (Å²) in [6.07, 6.45) is 3.05. The van der Waals surface area contributed by atoms with Crippen molar-refractivity contribution in [2.75, 3.05) is 0 Å². The summed E-state index contributed by atoms with van der Waals surface area (Å²) >= 11 is 0. The Morgan fingerprint density at radius 3 is 2.54 bits per heavy atom. The molecule has 0 rings (SSSR count). The van der Waals surface area contributed by atoms with Gasteiger partial charge in [0.1, 0.15) is 0 Å². The molecular formula is C9H15O3P. The first-order valence-corrected chi connectivity index (χ1v) is 5.42. The first kappa shape index (κ1) is 12.4. The van der Waals surface area contributed by atoms with Crippen molar-refractivity contribution in [3.63, 3.8) is 0 Å². The van der Waals surface area contributed by atoms with E-state index in [1.54, 1.807) is 6.08 Å². The molecule has 2 atom stereocenters. The Bertz CT molecular complexity index is 258. The summed E-state index contributed by atoms with van der Waals surface area (Å²) in [4.78, 5) is 9.27. The first-order valence-electron chi connectivity index (χ1n) is 3.84. The normalized spacial score (nSPS) is 17.1. The van der Waals surface area contributed by atoms with Gasteiger partial charge < -0.3 is 4.89 Å². The summed E-state index contributed by atoms with van der Waals surface area (Å²) in [6.45, 7) is 11.8. The molecular weight excluding hydrogens is 187 g/mol. The van der Waals surface area contributed by atoms with E-state index >= 15 is 0 Å². The van der Waals surface area contributed by atoms with E-state index in [0.29, 0.717) is 6.42 Å². The predicted octanol–water partition coefficient (Wildman–Crippen LogP) is 2.85. The van der Waals surface area contributed by atoms with Gasteiger partial charge in [-0.25, -0.2) is 0 Å². The van der Waals surface area contributed by atoms with E-state index in [2.05, 4.69) is 19.7 Å². The highest BCUT2D eigenvalue weighted by Gasteiger charge is 2.23. The van der Waals surface area contributed by atoms with Crippen LogP contribution in [0.2, 0.25) is 0 Å². The Labute approximate surface area is 79.0 Å². The van der Waals surface area contributed by atoms with Gasteiger partial charge in [-0.3, -0.25) is 9.09 Å². The van der Waals surface area contributed by atoms with E-state index in [-0.39, 0.29) is 5.31 Å². The van der Waals surface area contributed by atoms with Crippen LogP contribution in [0.15, 0.2) is 37.2 Å². The average molecular weight is 202 g/mol. The molecule has 0 aromatic heterocycles. The molecule has 2 unspecified atom stereocenters. The topological polar surface area (TPSA) is 46.5 Å². The van der Waals surface area contributed by atoms with Gasteiger partial charge in [-0.1, -0.05) is 18.7 Å². The van der Waals surface area contributed by atoms with Crippen molar-refractivity contribution in [2.24, 2.45) is 0 Å². The van der Waals surface area contributed by atoms with Gasteiger partial charge in [0, 0.05) is 5.31 Å². The first-order chi connectivity index (χ1) is 5.94. The van der Waals surface area contributed by atoms with Gasteiger partial charge in [-0.15, -0.1) is 13.2 Å². The zero-order chi connectivity index (χ0) is 10.5. The second kappa shape index (κ2) is 5.18. The highest BCUT2D eigenvalue weighted by atomic mass is 31.2. The molecule has 0 aliphatic carbocycles. The lowest BCUT2D eigenvalue weighted by Gasteiger charge is -2.16. The lowest BCUT2D eigenvalue weighted by Crippen LogP contribution is -2.06. The van der Waals surface area contributed by atoms with Gasteiger partial charge in [0.15, 0.2) is 0 Å². The molecule has 0 bridgehead atoms. The van der Waals surface area contributed by atoms with Crippen LogP contribution in [0.1, 0.15) is 13.3 Å². The molecule has 13 heavy (non-hydrogen) atoms. The quantitative estimate of drug-likeness (QED) is 0.532. The zero-order valence-electron chi connectivity index (χ0n) is 7.77. The SMILES string of the molecule is C=CCC(C=C)OP(=O)(O)C(=C)C. The molecule has 0 saturated heterocycles. The Morgan fingerprint density at radius 1 is 1.69 bits per heavy atom. The maximum atomic E-state index is 11.3. The number of allylic oxidation sites excluding steroid dienone is 1. The Morgan fingerprint density at radius 2 is 2.23 bits per heavy atom. The van der Waals surface area contributed by atoms with Crippen LogP contribution in [0.5, 0.6) is 0 Å². The zero-order valence-corrected chi connectivity index (χ0v) is 8.67. The van der Waals surface area contributed by atoms with Crippen LogP contribution in [0.25, 0.3) is 0 Å². The van der Waals surface area contributed by atoms with E-state index < -0.39 is 13.7 Å². The maximum absolute atomic E-state index is 11.3. The fourth-order valence-electron chi connectivity index (χ4n) is 0.620. The standard InChI is InChI=1S/C9H15O3P/c1-5-7-9(6-2)12-13(10,11)8(3)4/h5-6,9H,1-3,7H2,4H3,(H,10,11). The molecule has 4 heteroatoms. The van der Waals surface area contributed by atoms with Crippen LogP contribution in [0.4, 0.5) is 0 Å². The van der Waals surface area contributed by atoms with Crippen molar-refractivity contribution < 1.29 is 14.0 Å². The number of hydrogen-bond acceptors (Lipinski definition) is 2. The minimum Gasteiger partial charge on any atom is -0.321 e. The summed E-state index contributed by atoms with van der Waals surface area (Å²) in [7, 11) is -3.68. The molecule has 0 spiro atoms. The Hall–Kier alpha value is -0.630. The van der Waals surface area contributed by atoms with Gasteiger partial charge in [0.05, 0.1) is 6.10 Å². The van der Waals surface area contributed by atoms with Crippen LogP contribution in [-0.2, 0) is 9.09 Å². The molecule has 0 aromatic carbocycles. The molecule has 0 saturated carbocycles. The van der Waals surface area contributed by atoms with E-state index in [1.807, 2.05) is 0 Å². The van der Waals surface area contributed by atoms with E-state index in [4.69, 9.17) is 4.52 Å². The van der Waals surface area contributed by atoms with E-state index in [9.17, 15) is 9.46 Å². The lowest BCUT2D eigenvalue weighted by atomic mass is 10.2. The van der Waals surface area contributed by atoms with Crippen molar-refractivity contribution >= 4 is 7.60 Å². The van der Waals surface area contributed by atoms with Crippen molar-refractivity contribution in [1.29, 1.82) is 0 Å². The highest BCUT2D eigenvalue weighted by molar-refractivity contribution is 7.57. The smallest absolute Gasteiger partial charge is 0.321 e. The van der Waals surface area contributed by atoms with Gasteiger partial charge in [0.25, 0.3) is 0 Å². The largest absolute Gasteiger partial charge is 0.354 e. The average Bonchev–Trinajstić information content (AvgIpc) is 2.03. The van der Waals surface area contributed by atoms with Crippen molar-refractivity contribution in [2.45, 2.75) is 19.4 Å². The Kier molecular flexibility index (Phi) is 4.92. The second-order valence-corrected chi connectivity index (χ2v) is 4.67. The summed E-state index contributed by atoms with van der Waals surface area (Å²) in [5.74, 6) is 0. The third kappa shape index (κ3) is 4.23. The van der Waals surface area contributed by atoms with Crippen molar-refractivity contribution in [1.82, 2.24) is 0 Å². The maximum Gasteiger partial charge on any atom is 0.354 e. The summed E-state index contributed by atoms with van der Waals surface area (Å²) < 4.78 is 16.2. The predicted molar refractivity (Wildman–Crippen MR) is 54.5 cm³/mol. The molecule has 0 amide bonds. The molecule has 0 aliphatic rings. The monoisotopic (exact) mass is 202 g/mol. The summed E-state index contributed by atoms with van der Waals surface area (Å²) in [5, 5.41) is 0.128. The fourth-order valence-corrected chi connectivity index (χ4v) is 1.34. The summed E-state index contributed by atoms with van der Waals surface area (Å²) in [6, 6.07) is 0. The van der Waals surface area contributed by atoms with Crippen LogP contribution in [0.3, 0.4) is 0 Å². The van der Waals surface area contributed by atoms with Gasteiger partial charge in [-0.2, -0.15) is 0 Å². The van der Waals surface area contributed by atoms with Gasteiger partial charge in [-0.05, 0) is 13.3 Å². The van der Waals surface area contributed by atoms with Crippen LogP contribution >= 0.6 is 7.60 Å². The van der Waals surface area contributed by atoms with Crippen molar-refractivity contribution in [3.05, 3.63) is 37.2 Å². The molecule has 0 heterocycles. The second-order valence-electron chi connectivity index (χ2n) is 2.66. The molecule has 0 aliphatic heterocycles. The molecule has 0 radical (unpaired) electrons. The highest BCUT2D eigenvalue weighted by Crippen LogP contribution is 2.50. The number of hydrogen-bond donors (Lipinski definition) is 1. The fraction of sp³-hybridized carbons (Fsp3) is 0.333. The number of rotatable bonds is 6. The van der Waals surface area contributed by atoms with Crippen molar-refractivity contribution in [3.8, 4) is 0 Å². The lowest BCUT2D eigenvalue weighted by molar-refractivity contribution is 0.218. The molecule has 3 nitrogen and oxygen atoms in total. The molecule has 74 valence electrons. The van der Waals surface area contributed by atoms with Crippen LogP contribution < -0.4 is 0 Å². The molecule has 0 aromatic rings. The summed E-state index contributed by atoms with van der Waals surface area (Å²) in [5.41, 5.74) is 0. The van der Waals surface area contributed by atoms with Gasteiger partial charge >= 0.3 is 7.60 Å². The van der Waals surface area contributed by atoms with Crippen LogP contribution in [-0.4, -0.2) is 11.0 Å². The minimum absolute atomic E-state index is 0.128. The third-order valence-corrected chi connectivity index (χ3v) is 2.94. The van der Waals surface area contributed by atoms with E-state index in [1.165, 1.54) is 13.0 Å². The minimum atomic E-state index is -3.68. The molecule has 0 fully saturated rings.